The fourth-order valence-electron chi connectivity index (χ4n) is 4.23. The molecular weight excluding hydrogens is 425 g/mol. The predicted molar refractivity (Wildman–Crippen MR) is 112 cm³/mol. The molecule has 2 aliphatic rings. The van der Waals surface area contributed by atoms with Crippen LogP contribution in [0.2, 0.25) is 0 Å². The van der Waals surface area contributed by atoms with E-state index >= 15 is 0 Å². The smallest absolute Gasteiger partial charge is 0.420 e. The van der Waals surface area contributed by atoms with E-state index in [4.69, 9.17) is 4.42 Å². The molecule has 32 heavy (non-hydrogen) atoms. The van der Waals surface area contributed by atoms with Gasteiger partial charge in [0.05, 0.1) is 0 Å². The summed E-state index contributed by atoms with van der Waals surface area (Å²) in [6.07, 6.45) is 0.958. The molecule has 7 nitrogen and oxygen atoms in total. The van der Waals surface area contributed by atoms with Crippen LogP contribution in [0.15, 0.2) is 22.7 Å². The van der Waals surface area contributed by atoms with Crippen LogP contribution in [0.3, 0.4) is 0 Å². The number of hydrogen-bond donors (Lipinski definition) is 1. The number of carbonyl (C=O) groups is 1. The number of aliphatic hydroxyl groups excluding tert-OH is 1. The van der Waals surface area contributed by atoms with Crippen molar-refractivity contribution in [2.75, 3.05) is 42.6 Å². The Labute approximate surface area is 184 Å². The van der Waals surface area contributed by atoms with Crippen molar-refractivity contribution in [1.29, 1.82) is 0 Å². The van der Waals surface area contributed by atoms with E-state index in [2.05, 4.69) is 14.9 Å². The van der Waals surface area contributed by atoms with Gasteiger partial charge in [-0.2, -0.15) is 18.2 Å². The van der Waals surface area contributed by atoms with Crippen molar-refractivity contribution in [2.45, 2.75) is 44.7 Å². The Balaban J connectivity index is 1.46. The van der Waals surface area contributed by atoms with Crippen molar-refractivity contribution in [1.82, 2.24) is 9.97 Å². The van der Waals surface area contributed by atoms with E-state index in [1.807, 2.05) is 0 Å². The zero-order valence-corrected chi connectivity index (χ0v) is 17.8. The van der Waals surface area contributed by atoms with Crippen molar-refractivity contribution in [3.8, 4) is 0 Å². The largest absolute Gasteiger partial charge is 0.437 e. The summed E-state index contributed by atoms with van der Waals surface area (Å²) in [6, 6.07) is 3.33. The van der Waals surface area contributed by atoms with Crippen LogP contribution < -0.4 is 9.80 Å². The third-order valence-corrected chi connectivity index (χ3v) is 6.13. The minimum atomic E-state index is -4.77. The molecule has 0 amide bonds. The van der Waals surface area contributed by atoms with Crippen molar-refractivity contribution in [3.63, 3.8) is 0 Å². The standard InChI is InChI=1S/C22H27F3N4O3/c23-22(24,25)20-19(32-21(27-20)29-8-2-1-3-9-29)17(31)12-16-4-5-18(26-13-16)28-10-6-15(14-30)7-11-28/h4-5,13,15,30H,1-3,6-12,14H2. The number of piperidine rings is 2. The van der Waals surface area contributed by atoms with Crippen LogP contribution in [0.5, 0.6) is 0 Å². The fraction of sp³-hybridized carbons (Fsp3) is 0.591. The molecule has 1 N–H and O–H groups in total. The maximum absolute atomic E-state index is 13.5. The Hall–Kier alpha value is -2.62. The summed E-state index contributed by atoms with van der Waals surface area (Å²) in [5, 5.41) is 9.26. The summed E-state index contributed by atoms with van der Waals surface area (Å²) < 4.78 is 45.9. The number of rotatable bonds is 6. The minimum Gasteiger partial charge on any atom is -0.420 e. The predicted octanol–water partition coefficient (Wildman–Crippen LogP) is 3.71. The van der Waals surface area contributed by atoms with Crippen LogP contribution in [0.1, 0.15) is 53.9 Å². The summed E-state index contributed by atoms with van der Waals surface area (Å²) in [5.74, 6) is -0.456. The Morgan fingerprint density at radius 1 is 1.09 bits per heavy atom. The van der Waals surface area contributed by atoms with E-state index in [9.17, 15) is 23.1 Å². The molecule has 4 heterocycles. The van der Waals surface area contributed by atoms with Gasteiger partial charge in [0, 0.05) is 45.4 Å². The number of ketones is 1. The van der Waals surface area contributed by atoms with E-state index in [1.165, 1.54) is 6.20 Å². The molecule has 2 saturated heterocycles. The molecule has 0 saturated carbocycles. The highest BCUT2D eigenvalue weighted by Gasteiger charge is 2.41. The van der Waals surface area contributed by atoms with Gasteiger partial charge in [0.1, 0.15) is 5.82 Å². The maximum atomic E-state index is 13.5. The second kappa shape index (κ2) is 9.48. The average Bonchev–Trinajstić information content (AvgIpc) is 3.27. The van der Waals surface area contributed by atoms with Gasteiger partial charge in [-0.3, -0.25) is 4.79 Å². The Bertz CT molecular complexity index is 915. The molecule has 0 radical (unpaired) electrons. The average molecular weight is 452 g/mol. The van der Waals surface area contributed by atoms with Crippen molar-refractivity contribution in [2.24, 2.45) is 5.92 Å². The molecule has 0 unspecified atom stereocenters. The normalized spacial score (nSPS) is 18.2. The number of oxazole rings is 1. The molecule has 4 rings (SSSR count). The summed E-state index contributed by atoms with van der Waals surface area (Å²) in [5.41, 5.74) is -0.757. The molecule has 2 fully saturated rings. The van der Waals surface area contributed by atoms with Gasteiger partial charge in [-0.05, 0) is 49.7 Å². The highest BCUT2D eigenvalue weighted by atomic mass is 19.4. The number of Topliss-reactive ketones (excluding diaryl/α,β-unsaturated/α-hetero) is 1. The van der Waals surface area contributed by atoms with Crippen LogP contribution in [-0.4, -0.2) is 53.6 Å². The summed E-state index contributed by atoms with van der Waals surface area (Å²) in [6.45, 7) is 2.87. The SMILES string of the molecule is O=C(Cc1ccc(N2CCC(CO)CC2)nc1)c1oc(N2CCCCC2)nc1C(F)(F)F. The van der Waals surface area contributed by atoms with Gasteiger partial charge in [0.2, 0.25) is 11.5 Å². The lowest BCUT2D eigenvalue weighted by atomic mass is 9.98. The first-order valence-corrected chi connectivity index (χ1v) is 11.0. The molecule has 0 spiro atoms. The second-order valence-corrected chi connectivity index (χ2v) is 8.46. The van der Waals surface area contributed by atoms with Gasteiger partial charge < -0.3 is 19.3 Å². The zero-order valence-electron chi connectivity index (χ0n) is 17.8. The molecule has 0 aliphatic carbocycles. The number of alkyl halides is 3. The lowest BCUT2D eigenvalue weighted by molar-refractivity contribution is -0.141. The molecule has 2 aromatic heterocycles. The van der Waals surface area contributed by atoms with Gasteiger partial charge >= 0.3 is 6.18 Å². The summed E-state index contributed by atoms with van der Waals surface area (Å²) in [4.78, 5) is 24.5. The van der Waals surface area contributed by atoms with E-state index in [0.717, 1.165) is 51.0 Å². The first kappa shape index (κ1) is 22.6. The van der Waals surface area contributed by atoms with E-state index in [0.29, 0.717) is 24.6 Å². The highest BCUT2D eigenvalue weighted by Crippen LogP contribution is 2.35. The van der Waals surface area contributed by atoms with Crippen LogP contribution >= 0.6 is 0 Å². The third kappa shape index (κ3) is 5.06. The molecule has 2 aliphatic heterocycles. The molecule has 2 aromatic rings. The highest BCUT2D eigenvalue weighted by molar-refractivity contribution is 5.96. The monoisotopic (exact) mass is 452 g/mol. The molecule has 0 aromatic carbocycles. The van der Waals surface area contributed by atoms with Crippen LogP contribution in [-0.2, 0) is 12.6 Å². The molecule has 0 atom stereocenters. The zero-order chi connectivity index (χ0) is 22.7. The molecule has 174 valence electrons. The van der Waals surface area contributed by atoms with Gasteiger partial charge in [-0.1, -0.05) is 6.07 Å². The Morgan fingerprint density at radius 3 is 2.41 bits per heavy atom. The van der Waals surface area contributed by atoms with E-state index < -0.39 is 23.4 Å². The Kier molecular flexibility index (Phi) is 6.68. The van der Waals surface area contributed by atoms with E-state index in [1.54, 1.807) is 17.0 Å². The number of nitrogens with zero attached hydrogens (tertiary/aromatic N) is 4. The number of anilines is 2. The molecular formula is C22H27F3N4O3. The summed E-state index contributed by atoms with van der Waals surface area (Å²) in [7, 11) is 0. The van der Waals surface area contributed by atoms with Gasteiger partial charge in [-0.15, -0.1) is 0 Å². The van der Waals surface area contributed by atoms with Crippen molar-refractivity contribution < 1.29 is 27.5 Å². The number of aliphatic hydroxyl groups is 1. The van der Waals surface area contributed by atoms with Gasteiger partial charge in [-0.25, -0.2) is 4.98 Å². The second-order valence-electron chi connectivity index (χ2n) is 8.46. The number of carbonyl (C=O) groups excluding carboxylic acids is 1. The first-order chi connectivity index (χ1) is 15.3. The Morgan fingerprint density at radius 2 is 1.81 bits per heavy atom. The van der Waals surface area contributed by atoms with E-state index in [-0.39, 0.29) is 19.0 Å². The quantitative estimate of drug-likeness (QED) is 0.669. The van der Waals surface area contributed by atoms with Gasteiger partial charge in [0.25, 0.3) is 6.01 Å². The van der Waals surface area contributed by atoms with Crippen LogP contribution in [0, 0.1) is 5.92 Å². The molecule has 10 heteroatoms. The van der Waals surface area contributed by atoms with Crippen molar-refractivity contribution in [3.05, 3.63) is 35.3 Å². The minimum absolute atomic E-state index is 0.139. The van der Waals surface area contributed by atoms with Crippen LogP contribution in [0.4, 0.5) is 25.0 Å². The lowest BCUT2D eigenvalue weighted by Gasteiger charge is -2.32. The lowest BCUT2D eigenvalue weighted by Crippen LogP contribution is -2.35. The fourth-order valence-corrected chi connectivity index (χ4v) is 4.23. The van der Waals surface area contributed by atoms with Gasteiger partial charge in [0.15, 0.2) is 5.69 Å². The summed E-state index contributed by atoms with van der Waals surface area (Å²) >= 11 is 0. The topological polar surface area (TPSA) is 82.7 Å². The number of hydrogen-bond acceptors (Lipinski definition) is 7. The van der Waals surface area contributed by atoms with Crippen molar-refractivity contribution >= 4 is 17.6 Å². The van der Waals surface area contributed by atoms with Crippen LogP contribution in [0.25, 0.3) is 0 Å². The number of pyridine rings is 1. The third-order valence-electron chi connectivity index (χ3n) is 6.13. The molecule has 0 bridgehead atoms. The maximum Gasteiger partial charge on any atom is 0.437 e. The number of halogens is 3. The number of aromatic nitrogens is 2. The first-order valence-electron chi connectivity index (χ1n) is 11.0.